The van der Waals surface area contributed by atoms with Gasteiger partial charge in [-0.3, -0.25) is 9.80 Å². The summed E-state index contributed by atoms with van der Waals surface area (Å²) in [6.45, 7) is 14.0. The summed E-state index contributed by atoms with van der Waals surface area (Å²) in [5.74, 6) is 3.80. The quantitative estimate of drug-likeness (QED) is 0.689. The van der Waals surface area contributed by atoms with Gasteiger partial charge in [0.15, 0.2) is 0 Å². The van der Waals surface area contributed by atoms with E-state index in [4.69, 9.17) is 0 Å². The maximum atomic E-state index is 10.5. The minimum absolute atomic E-state index is 0.122. The van der Waals surface area contributed by atoms with Gasteiger partial charge in [-0.2, -0.15) is 0 Å². The molecule has 0 saturated carbocycles. The molecule has 4 nitrogen and oxygen atoms in total. The second kappa shape index (κ2) is 7.01. The van der Waals surface area contributed by atoms with Gasteiger partial charge in [-0.05, 0) is 0 Å². The van der Waals surface area contributed by atoms with Gasteiger partial charge < -0.3 is 0 Å². The third-order valence-electron chi connectivity index (χ3n) is 3.63. The topological polar surface area (TPSA) is 40.6 Å². The fourth-order valence-corrected chi connectivity index (χ4v) is 2.67. The van der Waals surface area contributed by atoms with E-state index in [0.29, 0.717) is 0 Å². The second-order valence-corrected chi connectivity index (χ2v) is 7.05. The summed E-state index contributed by atoms with van der Waals surface area (Å²) < 4.78 is 0. The van der Waals surface area contributed by atoms with Gasteiger partial charge in [-0.15, -0.1) is 0 Å². The molecule has 112 valence electrons. The molecule has 0 radical (unpaired) electrons. The lowest BCUT2D eigenvalue weighted by molar-refractivity contribution is 0.0921. The minimum Gasteiger partial charge on any atom is -0.300 e. The highest BCUT2D eigenvalue weighted by Gasteiger charge is 2.26. The average molecular weight is 278 g/mol. The molecule has 1 rings (SSSR count). The van der Waals surface area contributed by atoms with E-state index >= 15 is 0 Å². The molecule has 0 aromatic heterocycles. The Morgan fingerprint density at radius 1 is 0.800 bits per heavy atom. The molecule has 0 unspecified atom stereocenters. The third-order valence-corrected chi connectivity index (χ3v) is 3.63. The Labute approximate surface area is 122 Å². The van der Waals surface area contributed by atoms with Crippen molar-refractivity contribution in [2.75, 3.05) is 39.3 Å². The van der Waals surface area contributed by atoms with Gasteiger partial charge in [-0.25, -0.2) is 9.59 Å². The van der Waals surface area contributed by atoms with E-state index in [1.54, 1.807) is 12.2 Å². The van der Waals surface area contributed by atoms with Crippen LogP contribution in [0.25, 0.3) is 0 Å². The molecule has 0 aliphatic carbocycles. The summed E-state index contributed by atoms with van der Waals surface area (Å²) in [5.41, 5.74) is -0.243. The van der Waals surface area contributed by atoms with Crippen molar-refractivity contribution in [3.8, 4) is 0 Å². The Balaban J connectivity index is 2.44. The summed E-state index contributed by atoms with van der Waals surface area (Å²) in [6.07, 6.45) is 3.22. The first-order valence-corrected chi connectivity index (χ1v) is 7.17. The predicted octanol–water partition coefficient (Wildman–Crippen LogP) is 1.43. The van der Waals surface area contributed by atoms with E-state index in [1.807, 2.05) is 11.9 Å². The number of hydrogen-bond donors (Lipinski definition) is 0. The monoisotopic (exact) mass is 278 g/mol. The summed E-state index contributed by atoms with van der Waals surface area (Å²) >= 11 is 0. The van der Waals surface area contributed by atoms with Crippen molar-refractivity contribution in [3.05, 3.63) is 12.2 Å². The molecule has 1 heterocycles. The van der Waals surface area contributed by atoms with Crippen LogP contribution in [0, 0.1) is 10.8 Å². The largest absolute Gasteiger partial charge is 0.300 e. The Hall–Kier alpha value is -1.18. The molecule has 0 aromatic rings. The fraction of sp³-hybridized carbons (Fsp3) is 0.750. The first kappa shape index (κ1) is 16.9. The molecule has 1 aliphatic heterocycles. The summed E-state index contributed by atoms with van der Waals surface area (Å²) in [7, 11) is 0. The molecule has 1 fully saturated rings. The van der Waals surface area contributed by atoms with Crippen molar-refractivity contribution in [2.24, 2.45) is 10.8 Å². The number of carbonyl (C=O) groups excluding carboxylic acids is 2. The predicted molar refractivity (Wildman–Crippen MR) is 81.0 cm³/mol. The van der Waals surface area contributed by atoms with E-state index in [0.717, 1.165) is 39.3 Å². The molecule has 0 spiro atoms. The van der Waals surface area contributed by atoms with Crippen molar-refractivity contribution in [3.63, 3.8) is 0 Å². The maximum absolute atomic E-state index is 10.5. The van der Waals surface area contributed by atoms with Gasteiger partial charge in [0.1, 0.15) is 11.9 Å². The maximum Gasteiger partial charge on any atom is 0.120 e. The van der Waals surface area contributed by atoms with Crippen LogP contribution in [0.3, 0.4) is 0 Å². The highest BCUT2D eigenvalue weighted by atomic mass is 16.1. The molecule has 0 amide bonds. The van der Waals surface area contributed by atoms with Crippen LogP contribution in [0.5, 0.6) is 0 Å². The first-order valence-electron chi connectivity index (χ1n) is 7.17. The zero-order valence-electron chi connectivity index (χ0n) is 13.1. The number of nitrogens with zero attached hydrogens (tertiary/aromatic N) is 2. The number of hydrogen-bond acceptors (Lipinski definition) is 4. The highest BCUT2D eigenvalue weighted by Crippen LogP contribution is 2.21. The van der Waals surface area contributed by atoms with Gasteiger partial charge in [0.2, 0.25) is 0 Å². The molecule has 20 heavy (non-hydrogen) atoms. The lowest BCUT2D eigenvalue weighted by Gasteiger charge is -2.39. The van der Waals surface area contributed by atoms with E-state index in [-0.39, 0.29) is 10.8 Å². The first-order chi connectivity index (χ1) is 9.28. The minimum atomic E-state index is -0.122. The summed E-state index contributed by atoms with van der Waals surface area (Å²) in [4.78, 5) is 25.7. The zero-order chi connectivity index (χ0) is 15.2. The van der Waals surface area contributed by atoms with Gasteiger partial charge in [-0.1, -0.05) is 27.7 Å². The summed E-state index contributed by atoms with van der Waals surface area (Å²) in [5, 5.41) is 0. The van der Waals surface area contributed by atoms with Crippen LogP contribution in [0.4, 0.5) is 0 Å². The van der Waals surface area contributed by atoms with Gasteiger partial charge in [0.05, 0.1) is 0 Å². The standard InChI is InChI=1S/C16H26N2O2/c1-15(2,5-11-19)13-17-7-9-18(10-8-17)14-16(3,4)6-12-20/h5-6H,7-10,13-14H2,1-4H3. The van der Waals surface area contributed by atoms with Crippen LogP contribution < -0.4 is 0 Å². The molecule has 0 atom stereocenters. The van der Waals surface area contributed by atoms with Crippen LogP contribution >= 0.6 is 0 Å². The molecule has 1 saturated heterocycles. The van der Waals surface area contributed by atoms with E-state index < -0.39 is 0 Å². The molecule has 4 heteroatoms. The van der Waals surface area contributed by atoms with Crippen LogP contribution in [0.1, 0.15) is 27.7 Å². The van der Waals surface area contributed by atoms with E-state index in [2.05, 4.69) is 37.5 Å². The zero-order valence-corrected chi connectivity index (χ0v) is 13.1. The van der Waals surface area contributed by atoms with Gasteiger partial charge in [0, 0.05) is 62.3 Å². The van der Waals surface area contributed by atoms with Crippen molar-refractivity contribution >= 4 is 11.9 Å². The average Bonchev–Trinajstić information content (AvgIpc) is 2.30. The van der Waals surface area contributed by atoms with Crippen LogP contribution in [-0.2, 0) is 9.59 Å². The molecular formula is C16H26N2O2. The van der Waals surface area contributed by atoms with Gasteiger partial charge >= 0.3 is 0 Å². The van der Waals surface area contributed by atoms with Crippen LogP contribution in [-0.4, -0.2) is 61.0 Å². The smallest absolute Gasteiger partial charge is 0.120 e. The summed E-state index contributed by atoms with van der Waals surface area (Å²) in [6, 6.07) is 0. The number of rotatable bonds is 6. The van der Waals surface area contributed by atoms with Crippen LogP contribution in [0.2, 0.25) is 0 Å². The van der Waals surface area contributed by atoms with Crippen molar-refractivity contribution in [1.29, 1.82) is 0 Å². The SMILES string of the molecule is CC(C)(C=C=O)CN1CCN(CC(C)(C)C=C=O)CC1. The van der Waals surface area contributed by atoms with Crippen molar-refractivity contribution in [2.45, 2.75) is 27.7 Å². The molecular weight excluding hydrogens is 252 g/mol. The Kier molecular flexibility index (Phi) is 5.91. The molecule has 1 aliphatic rings. The number of piperazine rings is 1. The Bertz CT molecular complexity index is 368. The van der Waals surface area contributed by atoms with Crippen LogP contribution in [0.15, 0.2) is 12.2 Å². The highest BCUT2D eigenvalue weighted by molar-refractivity contribution is 5.47. The van der Waals surface area contributed by atoms with Gasteiger partial charge in [0.25, 0.3) is 0 Å². The fourth-order valence-electron chi connectivity index (χ4n) is 2.67. The molecule has 0 bridgehead atoms. The lowest BCUT2D eigenvalue weighted by atomic mass is 9.91. The molecule has 0 N–H and O–H groups in total. The van der Waals surface area contributed by atoms with E-state index in [9.17, 15) is 9.59 Å². The normalized spacial score (nSPS) is 18.2. The second-order valence-electron chi connectivity index (χ2n) is 7.05. The van der Waals surface area contributed by atoms with E-state index in [1.165, 1.54) is 0 Å². The molecule has 0 aromatic carbocycles. The van der Waals surface area contributed by atoms with Crippen molar-refractivity contribution < 1.29 is 9.59 Å². The lowest BCUT2D eigenvalue weighted by Crippen LogP contribution is -2.50. The third kappa shape index (κ3) is 5.85. The van der Waals surface area contributed by atoms with Crippen molar-refractivity contribution in [1.82, 2.24) is 9.80 Å². The Morgan fingerprint density at radius 2 is 1.10 bits per heavy atom. The Morgan fingerprint density at radius 3 is 1.35 bits per heavy atom.